The number of rotatable bonds is 6. The van der Waals surface area contributed by atoms with Crippen LogP contribution in [0.2, 0.25) is 0 Å². The predicted octanol–water partition coefficient (Wildman–Crippen LogP) is 0.963. The van der Waals surface area contributed by atoms with E-state index in [1.54, 1.807) is 6.92 Å². The van der Waals surface area contributed by atoms with E-state index >= 15 is 0 Å². The fourth-order valence-electron chi connectivity index (χ4n) is 2.31. The summed E-state index contributed by atoms with van der Waals surface area (Å²) in [5.41, 5.74) is 1.40. The molecule has 0 fully saturated rings. The Labute approximate surface area is 140 Å². The lowest BCUT2D eigenvalue weighted by molar-refractivity contribution is 0.0909. The third kappa shape index (κ3) is 3.80. The number of aromatic nitrogens is 2. The zero-order valence-corrected chi connectivity index (χ0v) is 14.0. The number of aliphatic hydroxyl groups excluding tert-OH is 1. The molecule has 24 heavy (non-hydrogen) atoms. The van der Waals surface area contributed by atoms with E-state index in [2.05, 4.69) is 15.7 Å². The van der Waals surface area contributed by atoms with Crippen molar-refractivity contribution in [3.63, 3.8) is 0 Å². The van der Waals surface area contributed by atoms with Crippen molar-refractivity contribution in [2.24, 2.45) is 0 Å². The lowest BCUT2D eigenvalue weighted by Gasteiger charge is -2.17. The quantitative estimate of drug-likeness (QED) is 0.735. The summed E-state index contributed by atoms with van der Waals surface area (Å²) in [5.74, 6) is -0.750. The summed E-state index contributed by atoms with van der Waals surface area (Å²) in [6.07, 6.45) is 0. The Balaban J connectivity index is 2.42. The second kappa shape index (κ2) is 7.74. The van der Waals surface area contributed by atoms with Crippen molar-refractivity contribution in [3.05, 3.63) is 53.3 Å². The van der Waals surface area contributed by atoms with E-state index in [9.17, 15) is 9.59 Å². The smallest absolute Gasteiger partial charge is 0.271 e. The largest absolute Gasteiger partial charge is 0.394 e. The molecule has 3 N–H and O–H groups in total. The third-order valence-electron chi connectivity index (χ3n) is 3.73. The number of amides is 2. The molecule has 2 amide bonds. The molecule has 2 aromatic rings. The van der Waals surface area contributed by atoms with E-state index in [0.29, 0.717) is 0 Å². The van der Waals surface area contributed by atoms with Crippen LogP contribution < -0.4 is 10.6 Å². The molecule has 2 rings (SSSR count). The Bertz CT molecular complexity index is 712. The highest BCUT2D eigenvalue weighted by Crippen LogP contribution is 2.20. The van der Waals surface area contributed by atoms with E-state index in [1.807, 2.05) is 37.3 Å². The third-order valence-corrected chi connectivity index (χ3v) is 3.73. The van der Waals surface area contributed by atoms with Crippen LogP contribution in [0.4, 0.5) is 0 Å². The van der Waals surface area contributed by atoms with Crippen LogP contribution in [0.5, 0.6) is 0 Å². The lowest BCUT2D eigenvalue weighted by atomic mass is 10.1. The molecular weight excluding hydrogens is 308 g/mol. The standard InChI is InChI=1S/C17H22N4O3/c1-11(10-22)19-17(24)15-9-14(16(23)18-3)20-21(15)12(2)13-7-5-4-6-8-13/h4-9,11-12,22H,10H2,1-3H3,(H,18,23)(H,19,24)/t11?,12-/m0/s1. The van der Waals surface area contributed by atoms with Crippen molar-refractivity contribution < 1.29 is 14.7 Å². The van der Waals surface area contributed by atoms with Gasteiger partial charge in [0.15, 0.2) is 5.69 Å². The summed E-state index contributed by atoms with van der Waals surface area (Å²) in [6.45, 7) is 3.43. The van der Waals surface area contributed by atoms with Gasteiger partial charge in [-0.15, -0.1) is 0 Å². The van der Waals surface area contributed by atoms with Crippen molar-refractivity contribution in [1.29, 1.82) is 0 Å². The first-order valence-corrected chi connectivity index (χ1v) is 7.76. The number of nitrogens with zero attached hydrogens (tertiary/aromatic N) is 2. The van der Waals surface area contributed by atoms with Gasteiger partial charge in [0.2, 0.25) is 0 Å². The topological polar surface area (TPSA) is 96.3 Å². The average molecular weight is 330 g/mol. The maximum Gasteiger partial charge on any atom is 0.271 e. The van der Waals surface area contributed by atoms with E-state index in [4.69, 9.17) is 5.11 Å². The highest BCUT2D eigenvalue weighted by Gasteiger charge is 2.23. The molecule has 128 valence electrons. The normalized spacial score (nSPS) is 13.2. The Hall–Kier alpha value is -2.67. The van der Waals surface area contributed by atoms with Crippen molar-refractivity contribution in [2.75, 3.05) is 13.7 Å². The molecule has 0 aliphatic carbocycles. The van der Waals surface area contributed by atoms with Gasteiger partial charge in [0, 0.05) is 19.2 Å². The summed E-state index contributed by atoms with van der Waals surface area (Å²) >= 11 is 0. The minimum absolute atomic E-state index is 0.169. The molecule has 0 radical (unpaired) electrons. The first kappa shape index (κ1) is 17.7. The number of benzene rings is 1. The van der Waals surface area contributed by atoms with E-state index in [1.165, 1.54) is 17.8 Å². The summed E-state index contributed by atoms with van der Waals surface area (Å²) in [4.78, 5) is 24.4. The molecule has 0 saturated carbocycles. The molecule has 1 heterocycles. The zero-order valence-electron chi connectivity index (χ0n) is 14.0. The monoisotopic (exact) mass is 330 g/mol. The molecule has 1 unspecified atom stereocenters. The van der Waals surface area contributed by atoms with Gasteiger partial charge in [-0.05, 0) is 19.4 Å². The van der Waals surface area contributed by atoms with Gasteiger partial charge in [0.25, 0.3) is 11.8 Å². The van der Waals surface area contributed by atoms with Crippen LogP contribution in [0.25, 0.3) is 0 Å². The van der Waals surface area contributed by atoms with Crippen LogP contribution in [-0.2, 0) is 0 Å². The minimum atomic E-state index is -0.392. The van der Waals surface area contributed by atoms with Gasteiger partial charge in [-0.2, -0.15) is 5.10 Å². The van der Waals surface area contributed by atoms with Crippen LogP contribution in [0, 0.1) is 0 Å². The fourth-order valence-corrected chi connectivity index (χ4v) is 2.31. The van der Waals surface area contributed by atoms with Gasteiger partial charge < -0.3 is 15.7 Å². The Kier molecular flexibility index (Phi) is 5.70. The SMILES string of the molecule is CNC(=O)c1cc(C(=O)NC(C)CO)n([C@@H](C)c2ccccc2)n1. The zero-order chi connectivity index (χ0) is 17.7. The number of hydrogen-bond acceptors (Lipinski definition) is 4. The highest BCUT2D eigenvalue weighted by molar-refractivity contribution is 5.98. The van der Waals surface area contributed by atoms with Crippen LogP contribution in [0.15, 0.2) is 36.4 Å². The van der Waals surface area contributed by atoms with Crippen LogP contribution >= 0.6 is 0 Å². The molecule has 7 heteroatoms. The molecular formula is C17H22N4O3. The maximum absolute atomic E-state index is 12.5. The number of carbonyl (C=O) groups excluding carboxylic acids is 2. The molecule has 0 aliphatic heterocycles. The number of aliphatic hydroxyl groups is 1. The second-order valence-corrected chi connectivity index (χ2v) is 5.58. The van der Waals surface area contributed by atoms with Gasteiger partial charge >= 0.3 is 0 Å². The van der Waals surface area contributed by atoms with Crippen LogP contribution in [0.3, 0.4) is 0 Å². The van der Waals surface area contributed by atoms with Crippen LogP contribution in [-0.4, -0.2) is 46.4 Å². The molecule has 2 atom stereocenters. The van der Waals surface area contributed by atoms with Crippen molar-refractivity contribution >= 4 is 11.8 Å². The van der Waals surface area contributed by atoms with E-state index < -0.39 is 6.04 Å². The fraction of sp³-hybridized carbons (Fsp3) is 0.353. The Morgan fingerprint density at radius 3 is 2.46 bits per heavy atom. The molecule has 0 spiro atoms. The summed E-state index contributed by atoms with van der Waals surface area (Å²) < 4.78 is 1.53. The predicted molar refractivity (Wildman–Crippen MR) is 89.9 cm³/mol. The highest BCUT2D eigenvalue weighted by atomic mass is 16.3. The van der Waals surface area contributed by atoms with Crippen molar-refractivity contribution in [1.82, 2.24) is 20.4 Å². The summed E-state index contributed by atoms with van der Waals surface area (Å²) in [6, 6.07) is 10.4. The lowest BCUT2D eigenvalue weighted by Crippen LogP contribution is -2.36. The molecule has 1 aromatic heterocycles. The number of nitrogens with one attached hydrogen (secondary N) is 2. The molecule has 1 aromatic carbocycles. The van der Waals surface area contributed by atoms with Gasteiger partial charge in [0.05, 0.1) is 12.6 Å². The van der Waals surface area contributed by atoms with Gasteiger partial charge in [-0.1, -0.05) is 30.3 Å². The molecule has 7 nitrogen and oxygen atoms in total. The first-order chi connectivity index (χ1) is 11.5. The minimum Gasteiger partial charge on any atom is -0.394 e. The van der Waals surface area contributed by atoms with E-state index in [0.717, 1.165) is 5.56 Å². The average Bonchev–Trinajstić information content (AvgIpc) is 3.06. The summed E-state index contributed by atoms with van der Waals surface area (Å²) in [5, 5.41) is 18.6. The number of carbonyl (C=O) groups is 2. The molecule has 0 aliphatic rings. The van der Waals surface area contributed by atoms with Gasteiger partial charge in [0.1, 0.15) is 5.69 Å². The van der Waals surface area contributed by atoms with Crippen molar-refractivity contribution in [2.45, 2.75) is 25.9 Å². The summed E-state index contributed by atoms with van der Waals surface area (Å²) in [7, 11) is 1.51. The van der Waals surface area contributed by atoms with Gasteiger partial charge in [-0.25, -0.2) is 0 Å². The Morgan fingerprint density at radius 2 is 1.88 bits per heavy atom. The number of hydrogen-bond donors (Lipinski definition) is 3. The van der Waals surface area contributed by atoms with Gasteiger partial charge in [-0.3, -0.25) is 14.3 Å². The maximum atomic E-state index is 12.5. The second-order valence-electron chi connectivity index (χ2n) is 5.58. The van der Waals surface area contributed by atoms with Crippen LogP contribution in [0.1, 0.15) is 46.4 Å². The molecule has 0 bridgehead atoms. The molecule has 0 saturated heterocycles. The van der Waals surface area contributed by atoms with E-state index in [-0.39, 0.29) is 35.9 Å². The van der Waals surface area contributed by atoms with Crippen molar-refractivity contribution in [3.8, 4) is 0 Å². The first-order valence-electron chi connectivity index (χ1n) is 7.76. The Morgan fingerprint density at radius 1 is 1.21 bits per heavy atom.